The third-order valence-corrected chi connectivity index (χ3v) is 3.81. The van der Waals surface area contributed by atoms with Gasteiger partial charge in [-0.2, -0.15) is 0 Å². The van der Waals surface area contributed by atoms with Gasteiger partial charge >= 0.3 is 0 Å². The van der Waals surface area contributed by atoms with Gasteiger partial charge in [0.1, 0.15) is 11.9 Å². The summed E-state index contributed by atoms with van der Waals surface area (Å²) in [4.78, 5) is 0. The van der Waals surface area contributed by atoms with E-state index in [2.05, 4.69) is 47.8 Å². The topological polar surface area (TPSA) is 21.3 Å². The average molecular weight is 303 g/mol. The van der Waals surface area contributed by atoms with E-state index in [0.717, 1.165) is 18.6 Å². The summed E-state index contributed by atoms with van der Waals surface area (Å²) in [6.07, 6.45) is 14.0. The number of aryl methyl sites for hydroxylation is 1. The fourth-order valence-corrected chi connectivity index (χ4v) is 2.63. The van der Waals surface area contributed by atoms with Crippen molar-refractivity contribution in [2.24, 2.45) is 0 Å². The fourth-order valence-electron chi connectivity index (χ4n) is 2.63. The predicted octanol–water partition coefficient (Wildman–Crippen LogP) is 4.93. The zero-order chi connectivity index (χ0) is 15.7. The summed E-state index contributed by atoms with van der Waals surface area (Å²) in [6.45, 7) is 0. The normalized spacial score (nSPS) is 17.8. The summed E-state index contributed by atoms with van der Waals surface area (Å²) >= 11 is 0. The van der Waals surface area contributed by atoms with E-state index in [1.165, 1.54) is 11.1 Å². The van der Waals surface area contributed by atoms with E-state index < -0.39 is 0 Å². The van der Waals surface area contributed by atoms with E-state index >= 15 is 0 Å². The molecule has 0 saturated heterocycles. The van der Waals surface area contributed by atoms with Crippen LogP contribution in [-0.2, 0) is 6.42 Å². The number of hydrogen-bond acceptors (Lipinski definition) is 2. The summed E-state index contributed by atoms with van der Waals surface area (Å²) < 4.78 is 6.02. The lowest BCUT2D eigenvalue weighted by Crippen LogP contribution is -2.14. The van der Waals surface area contributed by atoms with E-state index in [1.54, 1.807) is 0 Å². The van der Waals surface area contributed by atoms with E-state index in [9.17, 15) is 0 Å². The molecule has 2 aliphatic heterocycles. The number of para-hydroxylation sites is 1. The van der Waals surface area contributed by atoms with Crippen molar-refractivity contribution in [3.8, 4) is 5.75 Å². The molecule has 2 aromatic rings. The zero-order valence-corrected chi connectivity index (χ0v) is 13.1. The Balaban J connectivity index is 0.000000188. The second-order valence-corrected chi connectivity index (χ2v) is 5.43. The lowest BCUT2D eigenvalue weighted by molar-refractivity contribution is 0.176. The van der Waals surface area contributed by atoms with Gasteiger partial charge in [0, 0.05) is 12.4 Å². The SMILES string of the molecule is C1=CC=CNC=C1.c1ccc(C2CCc3ccccc3O2)cc1. The summed E-state index contributed by atoms with van der Waals surface area (Å²) in [6, 6.07) is 18.8. The third-order valence-electron chi connectivity index (χ3n) is 3.81. The minimum Gasteiger partial charge on any atom is -0.485 e. The molecule has 0 bridgehead atoms. The highest BCUT2D eigenvalue weighted by Gasteiger charge is 2.20. The molecule has 0 spiro atoms. The first-order valence-corrected chi connectivity index (χ1v) is 7.97. The summed E-state index contributed by atoms with van der Waals surface area (Å²) in [5, 5.41) is 2.92. The van der Waals surface area contributed by atoms with Crippen LogP contribution in [0, 0.1) is 0 Å². The highest BCUT2D eigenvalue weighted by atomic mass is 16.5. The van der Waals surface area contributed by atoms with Gasteiger partial charge in [-0.15, -0.1) is 0 Å². The van der Waals surface area contributed by atoms with Gasteiger partial charge in [0.25, 0.3) is 0 Å². The van der Waals surface area contributed by atoms with Crippen molar-refractivity contribution in [3.63, 3.8) is 0 Å². The molecule has 23 heavy (non-hydrogen) atoms. The number of hydrogen-bond donors (Lipinski definition) is 1. The molecule has 2 heteroatoms. The number of nitrogens with one attached hydrogen (secondary N) is 1. The average Bonchev–Trinajstić information content (AvgIpc) is 2.95. The summed E-state index contributed by atoms with van der Waals surface area (Å²) in [7, 11) is 0. The van der Waals surface area contributed by atoms with Gasteiger partial charge in [-0.1, -0.05) is 60.7 Å². The molecule has 1 atom stereocenters. The van der Waals surface area contributed by atoms with Gasteiger partial charge in [-0.25, -0.2) is 0 Å². The van der Waals surface area contributed by atoms with Crippen LogP contribution in [-0.4, -0.2) is 0 Å². The molecule has 2 aliphatic rings. The molecular formula is C21H21NO. The second kappa shape index (κ2) is 8.04. The zero-order valence-electron chi connectivity index (χ0n) is 13.1. The monoisotopic (exact) mass is 303 g/mol. The Bertz CT molecular complexity index is 687. The van der Waals surface area contributed by atoms with E-state index in [0.29, 0.717) is 0 Å². The van der Waals surface area contributed by atoms with E-state index in [1.807, 2.05) is 48.8 Å². The molecule has 4 rings (SSSR count). The van der Waals surface area contributed by atoms with Crippen molar-refractivity contribution >= 4 is 0 Å². The number of ether oxygens (including phenoxy) is 1. The smallest absolute Gasteiger partial charge is 0.124 e. The van der Waals surface area contributed by atoms with E-state index in [4.69, 9.17) is 4.74 Å². The van der Waals surface area contributed by atoms with Crippen LogP contribution in [0.4, 0.5) is 0 Å². The van der Waals surface area contributed by atoms with Crippen LogP contribution in [0.3, 0.4) is 0 Å². The molecular weight excluding hydrogens is 282 g/mol. The highest BCUT2D eigenvalue weighted by molar-refractivity contribution is 5.36. The highest BCUT2D eigenvalue weighted by Crippen LogP contribution is 2.34. The van der Waals surface area contributed by atoms with Gasteiger partial charge in [-0.05, 0) is 42.2 Å². The molecule has 0 fully saturated rings. The third kappa shape index (κ3) is 4.36. The number of rotatable bonds is 1. The van der Waals surface area contributed by atoms with Crippen molar-refractivity contribution in [2.45, 2.75) is 18.9 Å². The largest absolute Gasteiger partial charge is 0.485 e. The summed E-state index contributed by atoms with van der Waals surface area (Å²) in [5.74, 6) is 1.04. The van der Waals surface area contributed by atoms with Crippen molar-refractivity contribution in [1.29, 1.82) is 0 Å². The Hall–Kier alpha value is -2.74. The van der Waals surface area contributed by atoms with Gasteiger partial charge in [0.15, 0.2) is 0 Å². The van der Waals surface area contributed by atoms with Crippen molar-refractivity contribution in [3.05, 3.63) is 102 Å². The first-order chi connectivity index (χ1) is 11.4. The second-order valence-electron chi connectivity index (χ2n) is 5.43. The van der Waals surface area contributed by atoms with Crippen LogP contribution in [0.25, 0.3) is 0 Å². The van der Waals surface area contributed by atoms with Crippen LogP contribution in [0.1, 0.15) is 23.7 Å². The van der Waals surface area contributed by atoms with Gasteiger partial charge in [-0.3, -0.25) is 0 Å². The molecule has 2 aromatic carbocycles. The summed E-state index contributed by atoms with van der Waals surface area (Å²) in [5.41, 5.74) is 2.60. The molecule has 0 amide bonds. The molecule has 116 valence electrons. The Kier molecular flexibility index (Phi) is 5.30. The minimum absolute atomic E-state index is 0.219. The lowest BCUT2D eigenvalue weighted by Gasteiger charge is -2.26. The van der Waals surface area contributed by atoms with Crippen molar-refractivity contribution in [1.82, 2.24) is 5.32 Å². The van der Waals surface area contributed by atoms with E-state index in [-0.39, 0.29) is 6.10 Å². The maximum Gasteiger partial charge on any atom is 0.124 e. The van der Waals surface area contributed by atoms with Crippen LogP contribution < -0.4 is 10.1 Å². The number of benzene rings is 2. The quantitative estimate of drug-likeness (QED) is 0.807. The Morgan fingerprint density at radius 3 is 2.26 bits per heavy atom. The van der Waals surface area contributed by atoms with Crippen molar-refractivity contribution in [2.75, 3.05) is 0 Å². The molecule has 2 heterocycles. The number of fused-ring (bicyclic) bond motifs is 1. The number of allylic oxidation sites excluding steroid dienone is 4. The Morgan fingerprint density at radius 1 is 0.783 bits per heavy atom. The first kappa shape index (κ1) is 15.2. The molecule has 0 aromatic heterocycles. The maximum absolute atomic E-state index is 6.02. The van der Waals surface area contributed by atoms with Crippen LogP contribution in [0.5, 0.6) is 5.75 Å². The predicted molar refractivity (Wildman–Crippen MR) is 95.1 cm³/mol. The Morgan fingerprint density at radius 2 is 1.48 bits per heavy atom. The molecule has 2 nitrogen and oxygen atoms in total. The van der Waals surface area contributed by atoms with Crippen LogP contribution >= 0.6 is 0 Å². The molecule has 1 N–H and O–H groups in total. The van der Waals surface area contributed by atoms with Gasteiger partial charge < -0.3 is 10.1 Å². The molecule has 1 unspecified atom stereocenters. The molecule has 0 saturated carbocycles. The fraction of sp³-hybridized carbons (Fsp3) is 0.143. The van der Waals surface area contributed by atoms with Gasteiger partial charge in [0.2, 0.25) is 0 Å². The van der Waals surface area contributed by atoms with Crippen LogP contribution in [0.2, 0.25) is 0 Å². The van der Waals surface area contributed by atoms with Crippen LogP contribution in [0.15, 0.2) is 91.3 Å². The minimum atomic E-state index is 0.219. The van der Waals surface area contributed by atoms with Crippen molar-refractivity contribution < 1.29 is 4.74 Å². The lowest BCUT2D eigenvalue weighted by atomic mass is 9.98. The molecule has 0 radical (unpaired) electrons. The van der Waals surface area contributed by atoms with Gasteiger partial charge in [0.05, 0.1) is 0 Å². The standard InChI is InChI=1S/C15H14O.C6H7N/c1-2-6-12(7-3-1)15-11-10-13-8-4-5-9-14(13)16-15;1-2-4-6-7-5-3-1/h1-9,15H,10-11H2;1-7H. The molecule has 0 aliphatic carbocycles. The maximum atomic E-state index is 6.02. The Labute approximate surface area is 137 Å². The first-order valence-electron chi connectivity index (χ1n) is 7.97.